The fourth-order valence-corrected chi connectivity index (χ4v) is 1.85. The van der Waals surface area contributed by atoms with Crippen LogP contribution < -0.4 is 10.5 Å². The molecule has 4 N–H and O–H groups in total. The molecule has 1 aromatic carbocycles. The number of fused-ring (bicyclic) bond motifs is 1. The molecule has 0 aromatic heterocycles. The average molecular weight is 242 g/mol. The number of hydrogen-bond donors (Lipinski definition) is 3. The Morgan fingerprint density at radius 2 is 2.19 bits per heavy atom. The number of halogens is 1. The van der Waals surface area contributed by atoms with E-state index in [0.717, 1.165) is 11.1 Å². The molecule has 1 heterocycles. The lowest BCUT2D eigenvalue weighted by Crippen LogP contribution is -2.18. The highest BCUT2D eigenvalue weighted by molar-refractivity contribution is 6.32. The molecule has 0 saturated heterocycles. The highest BCUT2D eigenvalue weighted by Gasteiger charge is 2.20. The first kappa shape index (κ1) is 11.3. The van der Waals surface area contributed by atoms with Crippen molar-refractivity contribution in [3.63, 3.8) is 0 Å². The zero-order chi connectivity index (χ0) is 11.7. The van der Waals surface area contributed by atoms with Gasteiger partial charge in [0.25, 0.3) is 0 Å². The summed E-state index contributed by atoms with van der Waals surface area (Å²) in [5.74, 6) is 0.349. The van der Waals surface area contributed by atoms with Gasteiger partial charge >= 0.3 is 0 Å². The van der Waals surface area contributed by atoms with E-state index in [1.165, 1.54) is 6.07 Å². The second-order valence-corrected chi connectivity index (χ2v) is 3.95. The Labute approximate surface area is 97.9 Å². The molecule has 1 aliphatic rings. The van der Waals surface area contributed by atoms with Crippen LogP contribution in [0.1, 0.15) is 12.0 Å². The van der Waals surface area contributed by atoms with Crippen molar-refractivity contribution in [3.8, 4) is 11.5 Å². The predicted octanol–water partition coefficient (Wildman–Crippen LogP) is 1.49. The van der Waals surface area contributed by atoms with E-state index in [2.05, 4.69) is 0 Å². The standard InChI is InChI=1S/C11H12ClNO3/c12-8-4-7-6(1-2-13)3-11(15)16-10(7)5-9(8)14/h3-5,11,14-15H,1-2,13H2. The number of benzene rings is 1. The largest absolute Gasteiger partial charge is 0.506 e. The van der Waals surface area contributed by atoms with Crippen molar-refractivity contribution in [2.75, 3.05) is 6.54 Å². The molecule has 0 amide bonds. The smallest absolute Gasteiger partial charge is 0.217 e. The molecule has 1 aromatic rings. The van der Waals surface area contributed by atoms with Gasteiger partial charge in [0, 0.05) is 11.6 Å². The first-order valence-electron chi connectivity index (χ1n) is 4.90. The van der Waals surface area contributed by atoms with Gasteiger partial charge in [-0.2, -0.15) is 0 Å². The molecule has 2 rings (SSSR count). The number of aromatic hydroxyl groups is 1. The lowest BCUT2D eigenvalue weighted by molar-refractivity contribution is 0.0222. The minimum absolute atomic E-state index is 0.0679. The molecule has 1 atom stereocenters. The van der Waals surface area contributed by atoms with E-state index in [9.17, 15) is 10.2 Å². The predicted molar refractivity (Wildman–Crippen MR) is 61.4 cm³/mol. The molecule has 1 unspecified atom stereocenters. The Kier molecular flexibility index (Phi) is 3.05. The van der Waals surface area contributed by atoms with Crippen LogP contribution in [-0.4, -0.2) is 23.0 Å². The van der Waals surface area contributed by atoms with Crippen molar-refractivity contribution >= 4 is 17.2 Å². The van der Waals surface area contributed by atoms with E-state index in [-0.39, 0.29) is 10.8 Å². The third kappa shape index (κ3) is 2.00. The topological polar surface area (TPSA) is 75.7 Å². The lowest BCUT2D eigenvalue weighted by Gasteiger charge is -2.22. The lowest BCUT2D eigenvalue weighted by atomic mass is 9.99. The van der Waals surface area contributed by atoms with Crippen LogP contribution in [0.3, 0.4) is 0 Å². The number of ether oxygens (including phenoxy) is 1. The van der Waals surface area contributed by atoms with Crippen LogP contribution in [0.25, 0.3) is 5.57 Å². The molecule has 0 aliphatic carbocycles. The first-order valence-corrected chi connectivity index (χ1v) is 5.28. The number of hydrogen-bond acceptors (Lipinski definition) is 4. The fraction of sp³-hybridized carbons (Fsp3) is 0.273. The first-order chi connectivity index (χ1) is 7.61. The molecule has 0 bridgehead atoms. The van der Waals surface area contributed by atoms with Crippen LogP contribution in [0.4, 0.5) is 0 Å². The molecule has 0 radical (unpaired) electrons. The molecular formula is C11H12ClNO3. The minimum atomic E-state index is -1.00. The van der Waals surface area contributed by atoms with E-state index in [1.54, 1.807) is 12.1 Å². The minimum Gasteiger partial charge on any atom is -0.506 e. The highest BCUT2D eigenvalue weighted by atomic mass is 35.5. The summed E-state index contributed by atoms with van der Waals surface area (Å²) in [6.45, 7) is 0.469. The van der Waals surface area contributed by atoms with Crippen LogP contribution in [0.2, 0.25) is 5.02 Å². The van der Waals surface area contributed by atoms with Gasteiger partial charge in [0.1, 0.15) is 11.5 Å². The molecule has 0 fully saturated rings. The number of aliphatic hydroxyl groups is 1. The number of aliphatic hydroxyl groups excluding tert-OH is 1. The maximum absolute atomic E-state index is 9.46. The van der Waals surface area contributed by atoms with Crippen molar-refractivity contribution in [2.24, 2.45) is 5.73 Å². The maximum atomic E-state index is 9.46. The Morgan fingerprint density at radius 3 is 2.88 bits per heavy atom. The van der Waals surface area contributed by atoms with Crippen LogP contribution >= 0.6 is 11.6 Å². The number of phenols is 1. The number of phenolic OH excluding ortho intramolecular Hbond substituents is 1. The summed E-state index contributed by atoms with van der Waals surface area (Å²) in [5.41, 5.74) is 7.12. The Bertz CT molecular complexity index is 445. The molecule has 4 nitrogen and oxygen atoms in total. The summed E-state index contributed by atoms with van der Waals surface area (Å²) in [4.78, 5) is 0. The van der Waals surface area contributed by atoms with E-state index in [0.29, 0.717) is 18.7 Å². The number of nitrogens with two attached hydrogens (primary N) is 1. The monoisotopic (exact) mass is 241 g/mol. The van der Waals surface area contributed by atoms with E-state index >= 15 is 0 Å². The fourth-order valence-electron chi connectivity index (χ4n) is 1.69. The molecular weight excluding hydrogens is 230 g/mol. The molecule has 16 heavy (non-hydrogen) atoms. The van der Waals surface area contributed by atoms with Crippen LogP contribution in [-0.2, 0) is 0 Å². The van der Waals surface area contributed by atoms with Gasteiger partial charge in [-0.25, -0.2) is 0 Å². The Morgan fingerprint density at radius 1 is 1.44 bits per heavy atom. The third-order valence-electron chi connectivity index (χ3n) is 2.40. The highest BCUT2D eigenvalue weighted by Crippen LogP contribution is 2.39. The molecule has 1 aliphatic heterocycles. The normalized spacial score (nSPS) is 18.7. The average Bonchev–Trinajstić information content (AvgIpc) is 2.21. The van der Waals surface area contributed by atoms with E-state index < -0.39 is 6.29 Å². The molecule has 86 valence electrons. The SMILES string of the molecule is NCCC1=CC(O)Oc2cc(O)c(Cl)cc21. The zero-order valence-electron chi connectivity index (χ0n) is 8.48. The van der Waals surface area contributed by atoms with Crippen molar-refractivity contribution in [2.45, 2.75) is 12.7 Å². The van der Waals surface area contributed by atoms with Crippen molar-refractivity contribution in [3.05, 3.63) is 28.8 Å². The van der Waals surface area contributed by atoms with Gasteiger partial charge < -0.3 is 20.7 Å². The molecule has 0 spiro atoms. The molecule has 0 saturated carbocycles. The zero-order valence-corrected chi connectivity index (χ0v) is 9.24. The Hall–Kier alpha value is -1.23. The van der Waals surface area contributed by atoms with Gasteiger partial charge in [-0.05, 0) is 30.7 Å². The van der Waals surface area contributed by atoms with Crippen LogP contribution in [0.15, 0.2) is 18.2 Å². The summed E-state index contributed by atoms with van der Waals surface area (Å²) in [6.07, 6.45) is 1.20. The van der Waals surface area contributed by atoms with Gasteiger partial charge in [-0.3, -0.25) is 0 Å². The number of rotatable bonds is 2. The van der Waals surface area contributed by atoms with Crippen molar-refractivity contribution in [1.82, 2.24) is 0 Å². The van der Waals surface area contributed by atoms with Crippen molar-refractivity contribution < 1.29 is 14.9 Å². The summed E-state index contributed by atoms with van der Waals surface area (Å²) >= 11 is 5.82. The second-order valence-electron chi connectivity index (χ2n) is 3.54. The summed E-state index contributed by atoms with van der Waals surface area (Å²) in [7, 11) is 0. The van der Waals surface area contributed by atoms with Gasteiger partial charge in [0.15, 0.2) is 0 Å². The summed E-state index contributed by atoms with van der Waals surface area (Å²) < 4.78 is 5.16. The second kappa shape index (κ2) is 4.33. The Balaban J connectivity index is 2.49. The van der Waals surface area contributed by atoms with Gasteiger partial charge in [0.05, 0.1) is 5.02 Å². The van der Waals surface area contributed by atoms with E-state index in [4.69, 9.17) is 22.1 Å². The summed E-state index contributed by atoms with van der Waals surface area (Å²) in [6, 6.07) is 3.00. The maximum Gasteiger partial charge on any atom is 0.217 e. The van der Waals surface area contributed by atoms with Crippen LogP contribution in [0.5, 0.6) is 11.5 Å². The molecule has 5 heteroatoms. The van der Waals surface area contributed by atoms with Crippen molar-refractivity contribution in [1.29, 1.82) is 0 Å². The summed E-state index contributed by atoms with van der Waals surface area (Å²) in [5, 5.41) is 19.2. The van der Waals surface area contributed by atoms with Gasteiger partial charge in [-0.1, -0.05) is 11.6 Å². The van der Waals surface area contributed by atoms with E-state index in [1.807, 2.05) is 0 Å². The van der Waals surface area contributed by atoms with Gasteiger partial charge in [-0.15, -0.1) is 0 Å². The third-order valence-corrected chi connectivity index (χ3v) is 2.70. The van der Waals surface area contributed by atoms with Gasteiger partial charge in [0.2, 0.25) is 6.29 Å². The quantitative estimate of drug-likeness (QED) is 0.733. The van der Waals surface area contributed by atoms with Crippen LogP contribution in [0, 0.1) is 0 Å².